The van der Waals surface area contributed by atoms with Gasteiger partial charge in [-0.2, -0.15) is 0 Å². The molecule has 0 bridgehead atoms. The molecule has 194 valence electrons. The van der Waals surface area contributed by atoms with Crippen molar-refractivity contribution < 1.29 is 19.2 Å². The SMILES string of the molecule is O=C(Nc1ccc(C(=O)c2ccccc2)cc1)c1ccc(C(=O)Nc2ccc(C(=O)c3ccccc3)cc2)cc1. The molecule has 5 aromatic carbocycles. The Morgan fingerprint density at radius 2 is 0.600 bits per heavy atom. The second kappa shape index (κ2) is 11.8. The fourth-order valence-corrected chi connectivity index (χ4v) is 4.10. The number of benzene rings is 5. The molecule has 0 unspecified atom stereocenters. The predicted molar refractivity (Wildman–Crippen MR) is 155 cm³/mol. The molecule has 0 atom stereocenters. The number of amides is 2. The quantitative estimate of drug-likeness (QED) is 0.222. The van der Waals surface area contributed by atoms with Crippen molar-refractivity contribution in [2.45, 2.75) is 0 Å². The molecule has 0 spiro atoms. The van der Waals surface area contributed by atoms with Crippen LogP contribution in [0.5, 0.6) is 0 Å². The van der Waals surface area contributed by atoms with Crippen molar-refractivity contribution in [2.24, 2.45) is 0 Å². The van der Waals surface area contributed by atoms with E-state index in [1.807, 2.05) is 36.4 Å². The lowest BCUT2D eigenvalue weighted by atomic mass is 10.0. The largest absolute Gasteiger partial charge is 0.322 e. The Morgan fingerprint density at radius 3 is 0.925 bits per heavy atom. The molecule has 0 aliphatic carbocycles. The number of rotatable bonds is 8. The summed E-state index contributed by atoms with van der Waals surface area (Å²) in [6.07, 6.45) is 0. The third-order valence-corrected chi connectivity index (χ3v) is 6.29. The molecule has 0 radical (unpaired) electrons. The van der Waals surface area contributed by atoms with E-state index in [2.05, 4.69) is 10.6 Å². The number of anilines is 2. The molecule has 5 aromatic rings. The van der Waals surface area contributed by atoms with Crippen LogP contribution in [0.2, 0.25) is 0 Å². The minimum atomic E-state index is -0.340. The fourth-order valence-electron chi connectivity index (χ4n) is 4.10. The van der Waals surface area contributed by atoms with E-state index in [-0.39, 0.29) is 23.4 Å². The van der Waals surface area contributed by atoms with E-state index < -0.39 is 0 Å². The van der Waals surface area contributed by atoms with E-state index in [1.54, 1.807) is 97.1 Å². The van der Waals surface area contributed by atoms with Gasteiger partial charge in [-0.1, -0.05) is 60.7 Å². The van der Waals surface area contributed by atoms with Gasteiger partial charge in [0.15, 0.2) is 11.6 Å². The lowest BCUT2D eigenvalue weighted by Crippen LogP contribution is -2.14. The summed E-state index contributed by atoms with van der Waals surface area (Å²) in [5.41, 5.74) is 4.09. The topological polar surface area (TPSA) is 92.3 Å². The number of ketones is 2. The van der Waals surface area contributed by atoms with E-state index >= 15 is 0 Å². The Kier molecular flexibility index (Phi) is 7.69. The highest BCUT2D eigenvalue weighted by molar-refractivity contribution is 6.11. The van der Waals surface area contributed by atoms with Crippen molar-refractivity contribution in [2.75, 3.05) is 10.6 Å². The molecular weight excluding hydrogens is 500 g/mol. The summed E-state index contributed by atoms with van der Waals surface area (Å²) in [4.78, 5) is 50.6. The highest BCUT2D eigenvalue weighted by Crippen LogP contribution is 2.17. The van der Waals surface area contributed by atoms with Crippen LogP contribution in [-0.2, 0) is 0 Å². The second-order valence-corrected chi connectivity index (χ2v) is 9.03. The third kappa shape index (κ3) is 6.09. The van der Waals surface area contributed by atoms with Gasteiger partial charge < -0.3 is 10.6 Å². The van der Waals surface area contributed by atoms with Crippen LogP contribution in [0.15, 0.2) is 133 Å². The number of hydrogen-bond donors (Lipinski definition) is 2. The molecule has 0 saturated heterocycles. The molecular formula is C34H24N2O4. The monoisotopic (exact) mass is 524 g/mol. The first-order valence-electron chi connectivity index (χ1n) is 12.6. The van der Waals surface area contributed by atoms with E-state index in [0.29, 0.717) is 44.8 Å². The van der Waals surface area contributed by atoms with Gasteiger partial charge in [0, 0.05) is 44.8 Å². The van der Waals surface area contributed by atoms with Crippen LogP contribution in [0.4, 0.5) is 11.4 Å². The van der Waals surface area contributed by atoms with Crippen LogP contribution in [0.25, 0.3) is 0 Å². The van der Waals surface area contributed by atoms with Gasteiger partial charge in [0.2, 0.25) is 0 Å². The molecule has 2 N–H and O–H groups in total. The molecule has 0 aliphatic heterocycles. The maximum atomic E-state index is 12.7. The first kappa shape index (κ1) is 26.0. The van der Waals surface area contributed by atoms with Gasteiger partial charge in [0.25, 0.3) is 11.8 Å². The molecule has 0 aliphatic rings. The van der Waals surface area contributed by atoms with Crippen molar-refractivity contribution in [3.63, 3.8) is 0 Å². The van der Waals surface area contributed by atoms with Crippen molar-refractivity contribution in [3.8, 4) is 0 Å². The lowest BCUT2D eigenvalue weighted by molar-refractivity contribution is 0.101. The van der Waals surface area contributed by atoms with E-state index in [0.717, 1.165) is 0 Å². The number of nitrogens with one attached hydrogen (secondary N) is 2. The highest BCUT2D eigenvalue weighted by Gasteiger charge is 2.13. The Morgan fingerprint density at radius 1 is 0.325 bits per heavy atom. The average Bonchev–Trinajstić information content (AvgIpc) is 3.02. The van der Waals surface area contributed by atoms with Gasteiger partial charge in [-0.15, -0.1) is 0 Å². The summed E-state index contributed by atoms with van der Waals surface area (Å²) in [5.74, 6) is -0.867. The van der Waals surface area contributed by atoms with Crippen LogP contribution in [-0.4, -0.2) is 23.4 Å². The summed E-state index contributed by atoms with van der Waals surface area (Å²) in [6, 6.07) is 37.6. The molecule has 0 saturated carbocycles. The van der Waals surface area contributed by atoms with Crippen LogP contribution in [0.3, 0.4) is 0 Å². The smallest absolute Gasteiger partial charge is 0.255 e. The maximum absolute atomic E-state index is 12.7. The highest BCUT2D eigenvalue weighted by atomic mass is 16.2. The zero-order valence-electron chi connectivity index (χ0n) is 21.3. The minimum Gasteiger partial charge on any atom is -0.322 e. The molecule has 5 rings (SSSR count). The second-order valence-electron chi connectivity index (χ2n) is 9.03. The van der Waals surface area contributed by atoms with Crippen LogP contribution in [0, 0.1) is 0 Å². The van der Waals surface area contributed by atoms with Crippen LogP contribution >= 0.6 is 0 Å². The molecule has 6 nitrogen and oxygen atoms in total. The molecule has 0 aromatic heterocycles. The number of hydrogen-bond acceptors (Lipinski definition) is 4. The van der Waals surface area contributed by atoms with Gasteiger partial charge in [-0.05, 0) is 72.8 Å². The van der Waals surface area contributed by atoms with Crippen LogP contribution in [0.1, 0.15) is 52.6 Å². The van der Waals surface area contributed by atoms with Crippen molar-refractivity contribution in [3.05, 3.63) is 167 Å². The Balaban J connectivity index is 1.17. The molecule has 6 heteroatoms. The summed E-state index contributed by atoms with van der Waals surface area (Å²) >= 11 is 0. The average molecular weight is 525 g/mol. The van der Waals surface area contributed by atoms with Gasteiger partial charge >= 0.3 is 0 Å². The minimum absolute atomic E-state index is 0.0936. The summed E-state index contributed by atoms with van der Waals surface area (Å²) in [7, 11) is 0. The zero-order valence-corrected chi connectivity index (χ0v) is 21.3. The number of carbonyl (C=O) groups is 4. The van der Waals surface area contributed by atoms with E-state index in [9.17, 15) is 19.2 Å². The molecule has 2 amide bonds. The van der Waals surface area contributed by atoms with Gasteiger partial charge in [0.1, 0.15) is 0 Å². The van der Waals surface area contributed by atoms with Gasteiger partial charge in [-0.25, -0.2) is 0 Å². The Bertz CT molecular complexity index is 1530. The molecule has 0 heterocycles. The summed E-state index contributed by atoms with van der Waals surface area (Å²) < 4.78 is 0. The lowest BCUT2D eigenvalue weighted by Gasteiger charge is -2.09. The van der Waals surface area contributed by atoms with Gasteiger partial charge in [0.05, 0.1) is 0 Å². The van der Waals surface area contributed by atoms with Gasteiger partial charge in [-0.3, -0.25) is 19.2 Å². The molecule has 0 fully saturated rings. The normalized spacial score (nSPS) is 10.4. The Labute approximate surface area is 231 Å². The maximum Gasteiger partial charge on any atom is 0.255 e. The first-order valence-corrected chi connectivity index (χ1v) is 12.6. The van der Waals surface area contributed by atoms with Crippen molar-refractivity contribution in [1.29, 1.82) is 0 Å². The van der Waals surface area contributed by atoms with Crippen molar-refractivity contribution >= 4 is 34.8 Å². The first-order chi connectivity index (χ1) is 19.5. The Hall–Kier alpha value is -5.62. The zero-order chi connectivity index (χ0) is 27.9. The van der Waals surface area contributed by atoms with E-state index in [4.69, 9.17) is 0 Å². The molecule has 40 heavy (non-hydrogen) atoms. The summed E-state index contributed by atoms with van der Waals surface area (Å²) in [5, 5.41) is 5.60. The standard InChI is InChI=1S/C34H24N2O4/c37-31(23-7-3-1-4-8-23)25-15-19-29(20-16-25)35-33(39)27-11-13-28(14-12-27)34(40)36-30-21-17-26(18-22-30)32(38)24-9-5-2-6-10-24/h1-22H,(H,35,39)(H,36,40). The van der Waals surface area contributed by atoms with Crippen LogP contribution < -0.4 is 10.6 Å². The number of carbonyl (C=O) groups excluding carboxylic acids is 4. The summed E-state index contributed by atoms with van der Waals surface area (Å²) in [6.45, 7) is 0. The van der Waals surface area contributed by atoms with Crippen molar-refractivity contribution in [1.82, 2.24) is 0 Å². The van der Waals surface area contributed by atoms with E-state index in [1.165, 1.54) is 0 Å². The predicted octanol–water partition coefficient (Wildman–Crippen LogP) is 6.65. The third-order valence-electron chi connectivity index (χ3n) is 6.29. The fraction of sp³-hybridized carbons (Fsp3) is 0.